The normalized spacial score (nSPS) is 12.4. The minimum absolute atomic E-state index is 1.34. The molecule has 1 aliphatic heterocycles. The summed E-state index contributed by atoms with van der Waals surface area (Å²) < 4.78 is 0. The molecule has 0 bridgehead atoms. The van der Waals surface area contributed by atoms with Crippen molar-refractivity contribution in [2.75, 3.05) is 0 Å². The van der Waals surface area contributed by atoms with Crippen molar-refractivity contribution in [3.05, 3.63) is 81.4 Å². The molecule has 0 nitrogen and oxygen atoms in total. The second-order valence-electron chi connectivity index (χ2n) is 8.83. The van der Waals surface area contributed by atoms with E-state index >= 15 is 0 Å². The third kappa shape index (κ3) is 2.55. The molecule has 0 radical (unpaired) electrons. The highest BCUT2D eigenvalue weighted by molar-refractivity contribution is 7.99. The molecule has 0 saturated carbocycles. The molecule has 0 saturated heterocycles. The van der Waals surface area contributed by atoms with Crippen LogP contribution in [0.15, 0.2) is 52.3 Å². The summed E-state index contributed by atoms with van der Waals surface area (Å²) in [4.78, 5) is 2.78. The Morgan fingerprint density at radius 3 is 2.03 bits per heavy atom. The Morgan fingerprint density at radius 1 is 0.567 bits per heavy atom. The summed E-state index contributed by atoms with van der Waals surface area (Å²) in [5.41, 5.74) is 15.4. The maximum atomic E-state index is 2.43. The standard InChI is InChI=1S/C29H28S/c1-15-12-13-22-14-24-23-10-8-9-11-25(23)30-29-20(6)18(4)17(3)19(5)28(29)27(24)21(7)26(22)16(15)2/h8-14H,1-7H3. The van der Waals surface area contributed by atoms with Crippen molar-refractivity contribution >= 4 is 22.5 Å². The number of benzene rings is 4. The van der Waals surface area contributed by atoms with Crippen LogP contribution in [0.5, 0.6) is 0 Å². The lowest BCUT2D eigenvalue weighted by Gasteiger charge is -2.23. The smallest absolute Gasteiger partial charge is 0.0236 e. The van der Waals surface area contributed by atoms with Crippen molar-refractivity contribution in [2.24, 2.45) is 0 Å². The van der Waals surface area contributed by atoms with Crippen LogP contribution in [0, 0.1) is 48.5 Å². The monoisotopic (exact) mass is 408 g/mol. The van der Waals surface area contributed by atoms with Crippen LogP contribution in [0.2, 0.25) is 0 Å². The molecule has 0 aliphatic carbocycles. The Morgan fingerprint density at radius 2 is 1.27 bits per heavy atom. The molecule has 1 heterocycles. The first kappa shape index (κ1) is 19.5. The molecule has 5 rings (SSSR count). The van der Waals surface area contributed by atoms with E-state index in [1.807, 2.05) is 11.8 Å². The van der Waals surface area contributed by atoms with Crippen LogP contribution in [0.25, 0.3) is 33.0 Å². The highest BCUT2D eigenvalue weighted by Gasteiger charge is 2.27. The third-order valence-electron chi connectivity index (χ3n) is 7.36. The second kappa shape index (κ2) is 6.75. The lowest BCUT2D eigenvalue weighted by Crippen LogP contribution is -2.01. The Bertz CT molecular complexity index is 1370. The molecule has 4 aromatic rings. The van der Waals surface area contributed by atoms with Gasteiger partial charge in [0, 0.05) is 9.79 Å². The first-order valence-corrected chi connectivity index (χ1v) is 11.5. The van der Waals surface area contributed by atoms with Crippen LogP contribution in [0.4, 0.5) is 0 Å². The van der Waals surface area contributed by atoms with Crippen LogP contribution < -0.4 is 0 Å². The topological polar surface area (TPSA) is 0 Å². The molecule has 0 unspecified atom stereocenters. The fourth-order valence-electron chi connectivity index (χ4n) is 5.14. The summed E-state index contributed by atoms with van der Waals surface area (Å²) in [6, 6.07) is 15.9. The fraction of sp³-hybridized carbons (Fsp3) is 0.241. The van der Waals surface area contributed by atoms with Crippen LogP contribution in [0.3, 0.4) is 0 Å². The van der Waals surface area contributed by atoms with Gasteiger partial charge in [0.1, 0.15) is 0 Å². The molecule has 0 spiro atoms. The Balaban J connectivity index is 2.07. The van der Waals surface area contributed by atoms with E-state index in [9.17, 15) is 0 Å². The van der Waals surface area contributed by atoms with E-state index in [2.05, 4.69) is 90.9 Å². The van der Waals surface area contributed by atoms with E-state index < -0.39 is 0 Å². The second-order valence-corrected chi connectivity index (χ2v) is 9.88. The predicted octanol–water partition coefficient (Wildman–Crippen LogP) is 8.80. The minimum Gasteiger partial charge on any atom is -0.0885 e. The quantitative estimate of drug-likeness (QED) is 0.247. The molecule has 0 fully saturated rings. The van der Waals surface area contributed by atoms with Crippen LogP contribution in [-0.2, 0) is 0 Å². The zero-order valence-corrected chi connectivity index (χ0v) is 19.8. The van der Waals surface area contributed by atoms with E-state index in [1.165, 1.54) is 81.8 Å². The molecule has 1 heteroatoms. The molecular weight excluding hydrogens is 380 g/mol. The Hall–Kier alpha value is -2.51. The van der Waals surface area contributed by atoms with Gasteiger partial charge in [0.15, 0.2) is 0 Å². The maximum Gasteiger partial charge on any atom is 0.0236 e. The number of fused-ring (bicyclic) bond motifs is 6. The van der Waals surface area contributed by atoms with Gasteiger partial charge in [-0.05, 0) is 133 Å². The highest BCUT2D eigenvalue weighted by atomic mass is 32.2. The van der Waals surface area contributed by atoms with Gasteiger partial charge in [-0.25, -0.2) is 0 Å². The molecule has 4 aromatic carbocycles. The van der Waals surface area contributed by atoms with Gasteiger partial charge in [0.2, 0.25) is 0 Å². The first-order chi connectivity index (χ1) is 14.3. The summed E-state index contributed by atoms with van der Waals surface area (Å²) in [5, 5.41) is 2.76. The molecule has 30 heavy (non-hydrogen) atoms. The zero-order chi connectivity index (χ0) is 21.3. The van der Waals surface area contributed by atoms with Crippen molar-refractivity contribution in [3.63, 3.8) is 0 Å². The van der Waals surface area contributed by atoms with E-state index in [1.54, 1.807) is 0 Å². The van der Waals surface area contributed by atoms with Gasteiger partial charge >= 0.3 is 0 Å². The minimum atomic E-state index is 1.34. The number of rotatable bonds is 0. The highest BCUT2D eigenvalue weighted by Crippen LogP contribution is 2.53. The van der Waals surface area contributed by atoms with Crippen molar-refractivity contribution < 1.29 is 0 Å². The van der Waals surface area contributed by atoms with Crippen molar-refractivity contribution in [1.82, 2.24) is 0 Å². The predicted molar refractivity (Wildman–Crippen MR) is 132 cm³/mol. The van der Waals surface area contributed by atoms with E-state index in [0.717, 1.165) is 0 Å². The summed E-state index contributed by atoms with van der Waals surface area (Å²) in [6.07, 6.45) is 0. The average molecular weight is 409 g/mol. The molecule has 0 N–H and O–H groups in total. The number of hydrogen-bond donors (Lipinski definition) is 0. The molecular formula is C29H28S. The van der Waals surface area contributed by atoms with Gasteiger partial charge in [-0.15, -0.1) is 0 Å². The van der Waals surface area contributed by atoms with Gasteiger partial charge in [0.05, 0.1) is 0 Å². The summed E-state index contributed by atoms with van der Waals surface area (Å²) in [6.45, 7) is 16.0. The van der Waals surface area contributed by atoms with Gasteiger partial charge in [-0.1, -0.05) is 42.1 Å². The summed E-state index contributed by atoms with van der Waals surface area (Å²) >= 11 is 1.95. The van der Waals surface area contributed by atoms with Crippen molar-refractivity contribution in [2.45, 2.75) is 58.3 Å². The SMILES string of the molecule is Cc1ccc2cc3c(c(C)c2c1C)-c1c(C)c(C)c(C)c(C)c1Sc1ccccc1-3. The van der Waals surface area contributed by atoms with Gasteiger partial charge in [0.25, 0.3) is 0 Å². The summed E-state index contributed by atoms with van der Waals surface area (Å²) in [7, 11) is 0. The van der Waals surface area contributed by atoms with Crippen LogP contribution >= 0.6 is 11.8 Å². The maximum absolute atomic E-state index is 2.43. The van der Waals surface area contributed by atoms with Gasteiger partial charge < -0.3 is 0 Å². The van der Waals surface area contributed by atoms with E-state index in [0.29, 0.717) is 0 Å². The lowest BCUT2D eigenvalue weighted by atomic mass is 9.82. The molecule has 1 aliphatic rings. The molecule has 0 amide bonds. The summed E-state index contributed by atoms with van der Waals surface area (Å²) in [5.74, 6) is 0. The van der Waals surface area contributed by atoms with Crippen LogP contribution in [-0.4, -0.2) is 0 Å². The van der Waals surface area contributed by atoms with Crippen LogP contribution in [0.1, 0.15) is 38.9 Å². The fourth-order valence-corrected chi connectivity index (χ4v) is 6.46. The molecule has 150 valence electrons. The van der Waals surface area contributed by atoms with Crippen molar-refractivity contribution in [3.8, 4) is 22.3 Å². The van der Waals surface area contributed by atoms with Crippen molar-refractivity contribution in [1.29, 1.82) is 0 Å². The Kier molecular flexibility index (Phi) is 4.38. The van der Waals surface area contributed by atoms with Gasteiger partial charge in [-0.3, -0.25) is 0 Å². The molecule has 0 atom stereocenters. The van der Waals surface area contributed by atoms with E-state index in [4.69, 9.17) is 0 Å². The first-order valence-electron chi connectivity index (χ1n) is 10.7. The van der Waals surface area contributed by atoms with E-state index in [-0.39, 0.29) is 0 Å². The largest absolute Gasteiger partial charge is 0.0885 e. The van der Waals surface area contributed by atoms with Gasteiger partial charge in [-0.2, -0.15) is 0 Å². The lowest BCUT2D eigenvalue weighted by molar-refractivity contribution is 1.15. The Labute approximate surface area is 184 Å². The number of aryl methyl sites for hydroxylation is 3. The zero-order valence-electron chi connectivity index (χ0n) is 18.9. The molecule has 0 aromatic heterocycles. The number of hydrogen-bond acceptors (Lipinski definition) is 1. The third-order valence-corrected chi connectivity index (χ3v) is 8.65. The average Bonchev–Trinajstić information content (AvgIpc) is 2.88.